The molecule has 0 atom stereocenters. The molecule has 5 nitrogen and oxygen atoms in total. The normalized spacial score (nSPS) is 15.3. The van der Waals surface area contributed by atoms with Crippen LogP contribution < -0.4 is 4.90 Å². The number of nitrogens with zero attached hydrogens (tertiary/aromatic N) is 3. The van der Waals surface area contributed by atoms with Crippen molar-refractivity contribution in [2.24, 2.45) is 5.92 Å². The van der Waals surface area contributed by atoms with Gasteiger partial charge in [-0.15, -0.1) is 11.3 Å². The maximum Gasteiger partial charge on any atom is 0.195 e. The predicted molar refractivity (Wildman–Crippen MR) is 75.8 cm³/mol. The summed E-state index contributed by atoms with van der Waals surface area (Å²) in [5.74, 6) is 1.65. The topological polar surface area (TPSA) is 50.0 Å². The van der Waals surface area contributed by atoms with Crippen molar-refractivity contribution < 1.29 is 9.84 Å². The molecule has 1 fully saturated rings. The summed E-state index contributed by atoms with van der Waals surface area (Å²) >= 11 is 1.58. The van der Waals surface area contributed by atoms with E-state index in [2.05, 4.69) is 9.88 Å². The SMILES string of the molecule is CN(CCOCC1CC1)c1nc2sccn2c1CO. The van der Waals surface area contributed by atoms with Crippen LogP contribution in [0.1, 0.15) is 18.5 Å². The number of aromatic nitrogens is 2. The van der Waals surface area contributed by atoms with E-state index < -0.39 is 0 Å². The van der Waals surface area contributed by atoms with Gasteiger partial charge >= 0.3 is 0 Å². The molecule has 0 amide bonds. The van der Waals surface area contributed by atoms with E-state index in [-0.39, 0.29) is 6.61 Å². The Morgan fingerprint density at radius 3 is 3.16 bits per heavy atom. The van der Waals surface area contributed by atoms with Gasteiger partial charge in [-0.3, -0.25) is 4.40 Å². The molecule has 0 aromatic carbocycles. The number of thiazole rings is 1. The van der Waals surface area contributed by atoms with Crippen molar-refractivity contribution in [3.05, 3.63) is 17.3 Å². The zero-order valence-corrected chi connectivity index (χ0v) is 11.9. The van der Waals surface area contributed by atoms with Gasteiger partial charge in [-0.05, 0) is 18.8 Å². The minimum atomic E-state index is 0.000501. The van der Waals surface area contributed by atoms with Gasteiger partial charge in [0.1, 0.15) is 0 Å². The molecule has 0 bridgehead atoms. The maximum atomic E-state index is 9.51. The molecule has 19 heavy (non-hydrogen) atoms. The van der Waals surface area contributed by atoms with Crippen LogP contribution in [0.3, 0.4) is 0 Å². The molecule has 2 aromatic rings. The molecule has 2 aromatic heterocycles. The summed E-state index contributed by atoms with van der Waals surface area (Å²) in [6.45, 7) is 2.40. The minimum absolute atomic E-state index is 0.000501. The van der Waals surface area contributed by atoms with Crippen molar-refractivity contribution >= 4 is 22.1 Å². The highest BCUT2D eigenvalue weighted by molar-refractivity contribution is 7.15. The van der Waals surface area contributed by atoms with Crippen LogP contribution in [0.2, 0.25) is 0 Å². The first-order valence-corrected chi connectivity index (χ1v) is 7.51. The third-order valence-corrected chi connectivity index (χ3v) is 4.23. The van der Waals surface area contributed by atoms with Gasteiger partial charge in [0.25, 0.3) is 0 Å². The number of fused-ring (bicyclic) bond motifs is 1. The highest BCUT2D eigenvalue weighted by Crippen LogP contribution is 2.28. The Kier molecular flexibility index (Phi) is 3.72. The molecular weight excluding hydrogens is 262 g/mol. The standard InChI is InChI=1S/C13H19N3O2S/c1-15(4-6-18-9-10-2-3-10)12-11(8-17)16-5-7-19-13(16)14-12/h5,7,10,17H,2-4,6,8-9H2,1H3. The van der Waals surface area contributed by atoms with Crippen molar-refractivity contribution in [1.82, 2.24) is 9.38 Å². The van der Waals surface area contributed by atoms with Crippen molar-refractivity contribution in [2.45, 2.75) is 19.4 Å². The van der Waals surface area contributed by atoms with Crippen LogP contribution in [0.5, 0.6) is 0 Å². The molecule has 0 saturated heterocycles. The predicted octanol–water partition coefficient (Wildman–Crippen LogP) is 1.75. The third-order valence-electron chi connectivity index (χ3n) is 3.47. The quantitative estimate of drug-likeness (QED) is 0.786. The molecule has 6 heteroatoms. The molecule has 3 rings (SSSR count). The zero-order chi connectivity index (χ0) is 13.2. The Balaban J connectivity index is 1.62. The van der Waals surface area contributed by atoms with Crippen molar-refractivity contribution in [1.29, 1.82) is 0 Å². The molecule has 1 N–H and O–H groups in total. The third kappa shape index (κ3) is 2.75. The largest absolute Gasteiger partial charge is 0.390 e. The van der Waals surface area contributed by atoms with Crippen LogP contribution in [0.4, 0.5) is 5.82 Å². The Morgan fingerprint density at radius 1 is 1.58 bits per heavy atom. The van der Waals surface area contributed by atoms with Gasteiger partial charge in [0.15, 0.2) is 10.8 Å². The van der Waals surface area contributed by atoms with E-state index in [0.29, 0.717) is 6.61 Å². The van der Waals surface area contributed by atoms with E-state index >= 15 is 0 Å². The van der Waals surface area contributed by atoms with Gasteiger partial charge in [-0.2, -0.15) is 0 Å². The lowest BCUT2D eigenvalue weighted by Crippen LogP contribution is -2.24. The molecule has 2 heterocycles. The van der Waals surface area contributed by atoms with E-state index in [0.717, 1.165) is 35.5 Å². The van der Waals surface area contributed by atoms with E-state index in [1.807, 2.05) is 23.0 Å². The lowest BCUT2D eigenvalue weighted by Gasteiger charge is -2.17. The molecule has 1 saturated carbocycles. The number of aliphatic hydroxyl groups is 1. The van der Waals surface area contributed by atoms with Crippen LogP contribution >= 0.6 is 11.3 Å². The lowest BCUT2D eigenvalue weighted by atomic mass is 10.4. The number of aliphatic hydroxyl groups excluding tert-OH is 1. The molecule has 0 spiro atoms. The fourth-order valence-electron chi connectivity index (χ4n) is 2.12. The van der Waals surface area contributed by atoms with Gasteiger partial charge in [0.2, 0.25) is 0 Å². The van der Waals surface area contributed by atoms with Gasteiger partial charge in [-0.25, -0.2) is 4.98 Å². The van der Waals surface area contributed by atoms with E-state index in [4.69, 9.17) is 4.74 Å². The first kappa shape index (κ1) is 12.9. The smallest absolute Gasteiger partial charge is 0.195 e. The number of anilines is 1. The molecule has 104 valence electrons. The minimum Gasteiger partial charge on any atom is -0.390 e. The van der Waals surface area contributed by atoms with Gasteiger partial charge in [0.05, 0.1) is 18.9 Å². The van der Waals surface area contributed by atoms with E-state index in [1.165, 1.54) is 12.8 Å². The molecule has 1 aliphatic rings. The monoisotopic (exact) mass is 281 g/mol. The van der Waals surface area contributed by atoms with Crippen LogP contribution in [0.15, 0.2) is 11.6 Å². The van der Waals surface area contributed by atoms with Crippen LogP contribution in [-0.4, -0.2) is 41.3 Å². The summed E-state index contributed by atoms with van der Waals surface area (Å²) in [6, 6.07) is 0. The molecule has 0 aliphatic heterocycles. The molecule has 1 aliphatic carbocycles. The Bertz CT molecular complexity index is 547. The van der Waals surface area contributed by atoms with Crippen molar-refractivity contribution in [2.75, 3.05) is 31.7 Å². The van der Waals surface area contributed by atoms with Crippen molar-refractivity contribution in [3.8, 4) is 0 Å². The number of imidazole rings is 1. The molecule has 0 unspecified atom stereocenters. The fourth-order valence-corrected chi connectivity index (χ4v) is 2.84. The Labute approximate surface area is 116 Å². The first-order valence-electron chi connectivity index (χ1n) is 6.63. The van der Waals surface area contributed by atoms with Crippen LogP contribution in [0.25, 0.3) is 4.96 Å². The second-order valence-electron chi connectivity index (χ2n) is 5.04. The summed E-state index contributed by atoms with van der Waals surface area (Å²) in [4.78, 5) is 7.54. The summed E-state index contributed by atoms with van der Waals surface area (Å²) in [5, 5.41) is 11.5. The molecular formula is C13H19N3O2S. The van der Waals surface area contributed by atoms with E-state index in [1.54, 1.807) is 11.3 Å². The fraction of sp³-hybridized carbons (Fsp3) is 0.615. The zero-order valence-electron chi connectivity index (χ0n) is 11.1. The summed E-state index contributed by atoms with van der Waals surface area (Å²) in [7, 11) is 1.99. The van der Waals surface area contributed by atoms with Gasteiger partial charge < -0.3 is 14.7 Å². The summed E-state index contributed by atoms with van der Waals surface area (Å²) in [6.07, 6.45) is 4.59. The van der Waals surface area contributed by atoms with Crippen molar-refractivity contribution in [3.63, 3.8) is 0 Å². The first-order chi connectivity index (χ1) is 9.29. The average Bonchev–Trinajstić information content (AvgIpc) is 2.99. The maximum absolute atomic E-state index is 9.51. The van der Waals surface area contributed by atoms with Gasteiger partial charge in [0, 0.05) is 31.8 Å². The highest BCUT2D eigenvalue weighted by Gasteiger charge is 2.21. The van der Waals surface area contributed by atoms with Gasteiger partial charge in [-0.1, -0.05) is 0 Å². The number of hydrogen-bond donors (Lipinski definition) is 1. The van der Waals surface area contributed by atoms with Crippen LogP contribution in [-0.2, 0) is 11.3 Å². The average molecular weight is 281 g/mol. The number of hydrogen-bond acceptors (Lipinski definition) is 5. The Morgan fingerprint density at radius 2 is 2.42 bits per heavy atom. The van der Waals surface area contributed by atoms with E-state index in [9.17, 15) is 5.11 Å². The highest BCUT2D eigenvalue weighted by atomic mass is 32.1. The number of likely N-dealkylation sites (N-methyl/N-ethyl adjacent to an activating group) is 1. The Hall–Kier alpha value is -1.11. The molecule has 0 radical (unpaired) electrons. The summed E-state index contributed by atoms with van der Waals surface area (Å²) in [5.41, 5.74) is 0.848. The van der Waals surface area contributed by atoms with Crippen LogP contribution in [0, 0.1) is 5.92 Å². The number of rotatable bonds is 7. The number of ether oxygens (including phenoxy) is 1. The second-order valence-corrected chi connectivity index (χ2v) is 5.91. The summed E-state index contributed by atoms with van der Waals surface area (Å²) < 4.78 is 7.59. The second kappa shape index (κ2) is 5.48. The lowest BCUT2D eigenvalue weighted by molar-refractivity contribution is 0.130.